The first-order chi connectivity index (χ1) is 7.61. The normalized spacial score (nSPS) is 20.4. The van der Waals surface area contributed by atoms with E-state index in [0.29, 0.717) is 37.4 Å². The Bertz CT molecular complexity index is 400. The number of nitrogens with two attached hydrogens (primary N) is 1. The highest BCUT2D eigenvalue weighted by Crippen LogP contribution is 2.17. The van der Waals surface area contributed by atoms with Gasteiger partial charge in [-0.3, -0.25) is 4.79 Å². The van der Waals surface area contributed by atoms with Crippen LogP contribution in [0.5, 0.6) is 0 Å². The lowest BCUT2D eigenvalue weighted by Gasteiger charge is -2.16. The Morgan fingerprint density at radius 3 is 3.00 bits per heavy atom. The van der Waals surface area contributed by atoms with Gasteiger partial charge in [-0.1, -0.05) is 0 Å². The molecule has 1 aliphatic rings. The molecule has 0 unspecified atom stereocenters. The molecule has 16 heavy (non-hydrogen) atoms. The van der Waals surface area contributed by atoms with E-state index in [4.69, 9.17) is 5.73 Å². The number of hydrogen-bond acceptors (Lipinski definition) is 3. The molecule has 0 aliphatic carbocycles. The second kappa shape index (κ2) is 4.17. The maximum absolute atomic E-state index is 12.1. The van der Waals surface area contributed by atoms with Crippen LogP contribution in [-0.2, 0) is 6.54 Å². The molecule has 1 aliphatic heterocycles. The van der Waals surface area contributed by atoms with E-state index in [2.05, 4.69) is 0 Å². The average molecular weight is 223 g/mol. The first kappa shape index (κ1) is 11.0. The number of β-amino-alcohol motifs (C(OH)–C–C–N with tert-alkyl or cyclic N) is 1. The predicted octanol–water partition coefficient (Wildman–Crippen LogP) is 0.297. The van der Waals surface area contributed by atoms with E-state index < -0.39 is 0 Å². The summed E-state index contributed by atoms with van der Waals surface area (Å²) in [7, 11) is 0. The van der Waals surface area contributed by atoms with Crippen LogP contribution in [0.25, 0.3) is 0 Å². The lowest BCUT2D eigenvalue weighted by Crippen LogP contribution is -2.31. The number of aryl methyl sites for hydroxylation is 1. The van der Waals surface area contributed by atoms with Gasteiger partial charge in [0.2, 0.25) is 0 Å². The smallest absolute Gasteiger partial charge is 0.270 e. The highest BCUT2D eigenvalue weighted by atomic mass is 16.3. The average Bonchev–Trinajstić information content (AvgIpc) is 2.83. The van der Waals surface area contributed by atoms with E-state index in [9.17, 15) is 9.90 Å². The number of aliphatic hydroxyl groups is 1. The molecule has 2 heterocycles. The Morgan fingerprint density at radius 1 is 1.69 bits per heavy atom. The number of aromatic nitrogens is 1. The van der Waals surface area contributed by atoms with Crippen molar-refractivity contribution in [2.45, 2.75) is 26.0 Å². The largest absolute Gasteiger partial charge is 0.397 e. The Kier molecular flexibility index (Phi) is 2.87. The number of anilines is 1. The minimum absolute atomic E-state index is 0.0462. The summed E-state index contributed by atoms with van der Waals surface area (Å²) in [5.74, 6) is -0.0462. The van der Waals surface area contributed by atoms with Crippen LogP contribution in [0.3, 0.4) is 0 Å². The van der Waals surface area contributed by atoms with Crippen LogP contribution in [0.15, 0.2) is 12.3 Å². The molecule has 5 heteroatoms. The van der Waals surface area contributed by atoms with Crippen molar-refractivity contribution in [1.82, 2.24) is 9.47 Å². The van der Waals surface area contributed by atoms with E-state index in [1.807, 2.05) is 11.5 Å². The van der Waals surface area contributed by atoms with E-state index in [-0.39, 0.29) is 12.0 Å². The van der Waals surface area contributed by atoms with Crippen molar-refractivity contribution in [3.05, 3.63) is 18.0 Å². The molecule has 88 valence electrons. The zero-order valence-corrected chi connectivity index (χ0v) is 9.39. The molecular formula is C11H17N3O2. The Labute approximate surface area is 94.5 Å². The van der Waals surface area contributed by atoms with Gasteiger partial charge in [0.05, 0.1) is 11.8 Å². The number of carbonyl (C=O) groups is 1. The molecule has 1 amide bonds. The number of rotatable bonds is 2. The van der Waals surface area contributed by atoms with Crippen LogP contribution in [0.1, 0.15) is 23.8 Å². The lowest BCUT2D eigenvalue weighted by atomic mass is 10.3. The monoisotopic (exact) mass is 223 g/mol. The summed E-state index contributed by atoms with van der Waals surface area (Å²) in [5, 5.41) is 9.40. The van der Waals surface area contributed by atoms with Crippen molar-refractivity contribution in [2.75, 3.05) is 18.8 Å². The quantitative estimate of drug-likeness (QED) is 0.757. The molecule has 0 radical (unpaired) electrons. The van der Waals surface area contributed by atoms with Crippen LogP contribution in [-0.4, -0.2) is 39.7 Å². The van der Waals surface area contributed by atoms with Gasteiger partial charge in [-0.15, -0.1) is 0 Å². The topological polar surface area (TPSA) is 71.5 Å². The van der Waals surface area contributed by atoms with Gasteiger partial charge in [0.1, 0.15) is 5.69 Å². The van der Waals surface area contributed by atoms with Gasteiger partial charge >= 0.3 is 0 Å². The van der Waals surface area contributed by atoms with Crippen molar-refractivity contribution < 1.29 is 9.90 Å². The van der Waals surface area contributed by atoms with Crippen molar-refractivity contribution in [3.8, 4) is 0 Å². The molecule has 1 atom stereocenters. The molecule has 1 saturated heterocycles. The Morgan fingerprint density at radius 2 is 2.44 bits per heavy atom. The molecular weight excluding hydrogens is 206 g/mol. The number of nitrogen functional groups attached to an aromatic ring is 1. The van der Waals surface area contributed by atoms with Gasteiger partial charge in [0.15, 0.2) is 0 Å². The van der Waals surface area contributed by atoms with E-state index in [1.54, 1.807) is 17.2 Å². The molecule has 5 nitrogen and oxygen atoms in total. The third kappa shape index (κ3) is 1.90. The van der Waals surface area contributed by atoms with Crippen molar-refractivity contribution >= 4 is 11.6 Å². The summed E-state index contributed by atoms with van der Waals surface area (Å²) in [6.45, 7) is 3.73. The molecule has 0 aromatic carbocycles. The van der Waals surface area contributed by atoms with Gasteiger partial charge in [-0.25, -0.2) is 0 Å². The van der Waals surface area contributed by atoms with Gasteiger partial charge in [-0.2, -0.15) is 0 Å². The fraction of sp³-hybridized carbons (Fsp3) is 0.545. The number of aliphatic hydroxyl groups excluding tert-OH is 1. The van der Waals surface area contributed by atoms with Crippen LogP contribution >= 0.6 is 0 Å². The molecule has 3 N–H and O–H groups in total. The first-order valence-corrected chi connectivity index (χ1v) is 5.54. The molecule has 0 saturated carbocycles. The molecule has 2 rings (SSSR count). The molecule has 1 fully saturated rings. The highest BCUT2D eigenvalue weighted by Gasteiger charge is 2.27. The summed E-state index contributed by atoms with van der Waals surface area (Å²) < 4.78 is 1.84. The lowest BCUT2D eigenvalue weighted by molar-refractivity contribution is 0.0754. The van der Waals surface area contributed by atoms with Gasteiger partial charge in [0.25, 0.3) is 5.91 Å². The number of carbonyl (C=O) groups excluding carboxylic acids is 1. The number of amides is 1. The maximum atomic E-state index is 12.1. The minimum Gasteiger partial charge on any atom is -0.397 e. The third-order valence-electron chi connectivity index (χ3n) is 2.93. The second-order valence-corrected chi connectivity index (χ2v) is 4.14. The van der Waals surface area contributed by atoms with E-state index in [0.717, 1.165) is 0 Å². The van der Waals surface area contributed by atoms with E-state index >= 15 is 0 Å². The van der Waals surface area contributed by atoms with Crippen LogP contribution in [0.2, 0.25) is 0 Å². The third-order valence-corrected chi connectivity index (χ3v) is 2.93. The standard InChI is InChI=1S/C11H17N3O2/c1-2-13-6-8(12)5-10(13)11(16)14-4-3-9(15)7-14/h5-6,9,15H,2-4,7,12H2,1H3/t9-/m0/s1. The van der Waals surface area contributed by atoms with Gasteiger partial charge < -0.3 is 20.3 Å². The van der Waals surface area contributed by atoms with E-state index in [1.165, 1.54) is 0 Å². The minimum atomic E-state index is -0.383. The summed E-state index contributed by atoms with van der Waals surface area (Å²) in [4.78, 5) is 13.8. The summed E-state index contributed by atoms with van der Waals surface area (Å²) in [5.41, 5.74) is 6.89. The van der Waals surface area contributed by atoms with Crippen molar-refractivity contribution in [1.29, 1.82) is 0 Å². The molecule has 0 spiro atoms. The molecule has 1 aromatic heterocycles. The van der Waals surface area contributed by atoms with Crippen LogP contribution < -0.4 is 5.73 Å². The predicted molar refractivity (Wildman–Crippen MR) is 61.0 cm³/mol. The first-order valence-electron chi connectivity index (χ1n) is 5.54. The van der Waals surface area contributed by atoms with Crippen molar-refractivity contribution in [2.24, 2.45) is 0 Å². The summed E-state index contributed by atoms with van der Waals surface area (Å²) in [6, 6.07) is 1.69. The van der Waals surface area contributed by atoms with Crippen molar-refractivity contribution in [3.63, 3.8) is 0 Å². The number of hydrogen-bond donors (Lipinski definition) is 2. The molecule has 1 aromatic rings. The van der Waals surface area contributed by atoms with Gasteiger partial charge in [0, 0.05) is 25.8 Å². The maximum Gasteiger partial charge on any atom is 0.270 e. The zero-order chi connectivity index (χ0) is 11.7. The fourth-order valence-corrected chi connectivity index (χ4v) is 2.06. The molecule has 0 bridgehead atoms. The summed E-state index contributed by atoms with van der Waals surface area (Å²) >= 11 is 0. The summed E-state index contributed by atoms with van der Waals surface area (Å²) in [6.07, 6.45) is 2.04. The fourth-order valence-electron chi connectivity index (χ4n) is 2.06. The van der Waals surface area contributed by atoms with Crippen LogP contribution in [0.4, 0.5) is 5.69 Å². The Balaban J connectivity index is 2.20. The van der Waals surface area contributed by atoms with Crippen LogP contribution in [0, 0.1) is 0 Å². The zero-order valence-electron chi connectivity index (χ0n) is 9.39. The highest BCUT2D eigenvalue weighted by molar-refractivity contribution is 5.94. The number of likely N-dealkylation sites (tertiary alicyclic amines) is 1. The second-order valence-electron chi connectivity index (χ2n) is 4.14. The van der Waals surface area contributed by atoms with Gasteiger partial charge in [-0.05, 0) is 19.4 Å². The number of nitrogens with zero attached hydrogens (tertiary/aromatic N) is 2. The SMILES string of the molecule is CCn1cc(N)cc1C(=O)N1CC[C@H](O)C1. The Hall–Kier alpha value is -1.49.